The van der Waals surface area contributed by atoms with E-state index in [9.17, 15) is 14.7 Å². The van der Waals surface area contributed by atoms with Gasteiger partial charge in [0.1, 0.15) is 5.82 Å². The van der Waals surface area contributed by atoms with Gasteiger partial charge in [-0.05, 0) is 66.1 Å². The summed E-state index contributed by atoms with van der Waals surface area (Å²) in [6, 6.07) is 19.1. The maximum atomic E-state index is 13.0. The number of carbonyl (C=O) groups excluding carboxylic acids is 1. The zero-order valence-corrected chi connectivity index (χ0v) is 24.0. The van der Waals surface area contributed by atoms with Crippen molar-refractivity contribution in [2.45, 2.75) is 53.5 Å². The summed E-state index contributed by atoms with van der Waals surface area (Å²) in [6.07, 6.45) is 2.60. The van der Waals surface area contributed by atoms with Crippen LogP contribution in [0.3, 0.4) is 0 Å². The smallest absolute Gasteiger partial charge is 0.336 e. The van der Waals surface area contributed by atoms with E-state index in [1.54, 1.807) is 12.1 Å². The maximum Gasteiger partial charge on any atom is 0.336 e. The minimum Gasteiger partial charge on any atom is -0.478 e. The second kappa shape index (κ2) is 12.5. The summed E-state index contributed by atoms with van der Waals surface area (Å²) in [7, 11) is 0. The van der Waals surface area contributed by atoms with Crippen LogP contribution in [-0.4, -0.2) is 32.3 Å². The fourth-order valence-electron chi connectivity index (χ4n) is 5.08. The highest BCUT2D eigenvalue weighted by Gasteiger charge is 2.20. The largest absolute Gasteiger partial charge is 0.478 e. The van der Waals surface area contributed by atoms with Crippen molar-refractivity contribution in [2.75, 3.05) is 11.1 Å². The monoisotopic (exact) mass is 543 g/mol. The van der Waals surface area contributed by atoms with Crippen LogP contribution >= 0.6 is 12.6 Å². The van der Waals surface area contributed by atoms with Crippen molar-refractivity contribution in [3.8, 4) is 11.1 Å². The minimum absolute atomic E-state index is 0.00507. The van der Waals surface area contributed by atoms with Crippen LogP contribution in [0.4, 0.5) is 5.69 Å². The van der Waals surface area contributed by atoms with E-state index in [0.29, 0.717) is 23.8 Å². The molecule has 1 amide bonds. The molecule has 0 aliphatic rings. The van der Waals surface area contributed by atoms with E-state index in [1.807, 2.05) is 55.5 Å². The number of hydrogen-bond donors (Lipinski definition) is 3. The predicted octanol–water partition coefficient (Wildman–Crippen LogP) is 7.24. The Kier molecular flexibility index (Phi) is 9.12. The number of nitrogens with zero attached hydrogens (tertiary/aromatic N) is 2. The van der Waals surface area contributed by atoms with Crippen molar-refractivity contribution in [1.29, 1.82) is 0 Å². The summed E-state index contributed by atoms with van der Waals surface area (Å²) in [6.45, 7) is 9.03. The maximum absolute atomic E-state index is 13.0. The van der Waals surface area contributed by atoms with Crippen LogP contribution in [0.1, 0.15) is 60.9 Å². The number of carbonyl (C=O) groups is 2. The Morgan fingerprint density at radius 3 is 2.44 bits per heavy atom. The third-order valence-electron chi connectivity index (χ3n) is 6.97. The number of hydrogen-bond acceptors (Lipinski definition) is 4. The van der Waals surface area contributed by atoms with Crippen LogP contribution in [0.15, 0.2) is 60.7 Å². The molecule has 3 aromatic carbocycles. The van der Waals surface area contributed by atoms with E-state index in [2.05, 4.69) is 43.3 Å². The summed E-state index contributed by atoms with van der Waals surface area (Å²) < 4.78 is 2.23. The van der Waals surface area contributed by atoms with Crippen LogP contribution in [0.5, 0.6) is 0 Å². The molecule has 0 aliphatic carbocycles. The quantitative estimate of drug-likeness (QED) is 0.174. The lowest BCUT2D eigenvalue weighted by molar-refractivity contribution is -0.119. The van der Waals surface area contributed by atoms with Gasteiger partial charge in [0, 0.05) is 30.3 Å². The standard InChI is InChI=1S/C32H37N3O3S/c1-5-8-29-34-30-21(4)16-25(33-31(36)24(19-39)15-20(2)3)17-28(30)35(29)18-22-11-13-23(14-12-22)26-9-6-7-10-27(26)32(37)38/h6-7,9-14,16-17,20,24,39H,5,8,15,18-19H2,1-4H3,(H,33,36)(H,37,38)/t24-/m0/s1. The molecule has 0 aliphatic heterocycles. The molecule has 0 saturated carbocycles. The van der Waals surface area contributed by atoms with Crippen molar-refractivity contribution >= 4 is 41.2 Å². The van der Waals surface area contributed by atoms with Gasteiger partial charge in [0.15, 0.2) is 0 Å². The lowest BCUT2D eigenvalue weighted by Gasteiger charge is -2.17. The lowest BCUT2D eigenvalue weighted by Crippen LogP contribution is -2.25. The number of aryl methyl sites for hydroxylation is 2. The third kappa shape index (κ3) is 6.53. The summed E-state index contributed by atoms with van der Waals surface area (Å²) in [5.41, 5.74) is 6.65. The van der Waals surface area contributed by atoms with Crippen LogP contribution in [0.25, 0.3) is 22.2 Å². The van der Waals surface area contributed by atoms with E-state index >= 15 is 0 Å². The molecule has 39 heavy (non-hydrogen) atoms. The molecule has 6 nitrogen and oxygen atoms in total. The molecule has 1 heterocycles. The van der Waals surface area contributed by atoms with Gasteiger partial charge in [0.2, 0.25) is 5.91 Å². The lowest BCUT2D eigenvalue weighted by atomic mass is 9.98. The fourth-order valence-corrected chi connectivity index (χ4v) is 5.39. The predicted molar refractivity (Wildman–Crippen MR) is 162 cm³/mol. The second-order valence-electron chi connectivity index (χ2n) is 10.6. The van der Waals surface area contributed by atoms with E-state index in [-0.39, 0.29) is 17.4 Å². The number of thiol groups is 1. The molecule has 0 unspecified atom stereocenters. The van der Waals surface area contributed by atoms with Gasteiger partial charge in [-0.15, -0.1) is 0 Å². The normalized spacial score (nSPS) is 12.2. The summed E-state index contributed by atoms with van der Waals surface area (Å²) in [5, 5.41) is 12.7. The number of amides is 1. The van der Waals surface area contributed by atoms with Gasteiger partial charge in [0.25, 0.3) is 0 Å². The molecule has 4 aromatic rings. The number of imidazole rings is 1. The molecule has 1 atom stereocenters. The van der Waals surface area contributed by atoms with Gasteiger partial charge in [-0.1, -0.05) is 63.2 Å². The number of aromatic carboxylic acids is 1. The molecular formula is C32H37N3O3S. The average molecular weight is 544 g/mol. The SMILES string of the molecule is CCCc1nc2c(C)cc(NC(=O)[C@H](CS)CC(C)C)cc2n1Cc1ccc(-c2ccccc2C(=O)O)cc1. The number of fused-ring (bicyclic) bond motifs is 1. The second-order valence-corrected chi connectivity index (χ2v) is 10.9. The highest BCUT2D eigenvalue weighted by atomic mass is 32.1. The number of carboxylic acids is 1. The Bertz CT molecular complexity index is 1470. The number of benzene rings is 3. The first-order chi connectivity index (χ1) is 18.7. The Morgan fingerprint density at radius 2 is 1.79 bits per heavy atom. The molecular weight excluding hydrogens is 506 g/mol. The van der Waals surface area contributed by atoms with Crippen molar-refractivity contribution in [2.24, 2.45) is 11.8 Å². The summed E-state index contributed by atoms with van der Waals surface area (Å²) >= 11 is 4.42. The molecule has 0 saturated heterocycles. The van der Waals surface area contributed by atoms with Crippen LogP contribution in [0.2, 0.25) is 0 Å². The highest BCUT2D eigenvalue weighted by molar-refractivity contribution is 7.80. The molecule has 7 heteroatoms. The molecule has 0 fully saturated rings. The van der Waals surface area contributed by atoms with Crippen LogP contribution in [0, 0.1) is 18.8 Å². The van der Waals surface area contributed by atoms with Crippen LogP contribution < -0.4 is 5.32 Å². The van der Waals surface area contributed by atoms with E-state index < -0.39 is 5.97 Å². The zero-order valence-electron chi connectivity index (χ0n) is 23.1. The van der Waals surface area contributed by atoms with Gasteiger partial charge in [-0.25, -0.2) is 9.78 Å². The third-order valence-corrected chi connectivity index (χ3v) is 7.42. The van der Waals surface area contributed by atoms with Gasteiger partial charge in [-0.2, -0.15) is 12.6 Å². The molecule has 4 rings (SSSR count). The first-order valence-electron chi connectivity index (χ1n) is 13.5. The van der Waals surface area contributed by atoms with Gasteiger partial charge >= 0.3 is 5.97 Å². The Hall–Kier alpha value is -3.58. The number of aromatic nitrogens is 2. The Morgan fingerprint density at radius 1 is 1.08 bits per heavy atom. The number of anilines is 1. The molecule has 0 spiro atoms. The number of nitrogens with one attached hydrogen (secondary N) is 1. The zero-order chi connectivity index (χ0) is 28.1. The van der Waals surface area contributed by atoms with E-state index in [0.717, 1.165) is 58.5 Å². The number of rotatable bonds is 11. The fraction of sp³-hybridized carbons (Fsp3) is 0.344. The molecule has 204 valence electrons. The molecule has 0 radical (unpaired) electrons. The summed E-state index contributed by atoms with van der Waals surface area (Å²) in [4.78, 5) is 29.7. The number of carboxylic acid groups (broad SMARTS) is 1. The van der Waals surface area contributed by atoms with Gasteiger partial charge in [0.05, 0.1) is 16.6 Å². The van der Waals surface area contributed by atoms with Gasteiger partial charge < -0.3 is 15.0 Å². The van der Waals surface area contributed by atoms with Crippen molar-refractivity contribution in [3.05, 3.63) is 83.2 Å². The molecule has 2 N–H and O–H groups in total. The van der Waals surface area contributed by atoms with E-state index in [4.69, 9.17) is 4.98 Å². The topological polar surface area (TPSA) is 84.2 Å². The van der Waals surface area contributed by atoms with Crippen molar-refractivity contribution in [1.82, 2.24) is 9.55 Å². The van der Waals surface area contributed by atoms with Crippen molar-refractivity contribution < 1.29 is 14.7 Å². The average Bonchev–Trinajstić information content (AvgIpc) is 3.25. The molecule has 0 bridgehead atoms. The first kappa shape index (κ1) is 28.4. The first-order valence-corrected chi connectivity index (χ1v) is 14.2. The van der Waals surface area contributed by atoms with Gasteiger partial charge in [-0.3, -0.25) is 4.79 Å². The van der Waals surface area contributed by atoms with Crippen LogP contribution in [-0.2, 0) is 17.8 Å². The Labute approximate surface area is 235 Å². The molecule has 1 aromatic heterocycles. The minimum atomic E-state index is -0.938. The highest BCUT2D eigenvalue weighted by Crippen LogP contribution is 2.29. The Balaban J connectivity index is 1.67. The van der Waals surface area contributed by atoms with Crippen molar-refractivity contribution in [3.63, 3.8) is 0 Å². The van der Waals surface area contributed by atoms with E-state index in [1.165, 1.54) is 0 Å². The summed E-state index contributed by atoms with van der Waals surface area (Å²) in [5.74, 6) is 0.846.